The van der Waals surface area contributed by atoms with Crippen LogP contribution in [0.15, 0.2) is 10.6 Å². The molecule has 0 bridgehead atoms. The standard InChI is InChI=1S/C12H21N3O2/c1-8(2)4-10(7-13)6-12(16)14-11-5-9(3)17-15-11/h5,8,10H,4,6-7,13H2,1-3H3,(H,14,15,16). The van der Waals surface area contributed by atoms with Gasteiger partial charge in [-0.25, -0.2) is 0 Å². The van der Waals surface area contributed by atoms with Crippen LogP contribution < -0.4 is 11.1 Å². The number of aryl methyl sites for hydroxylation is 1. The first kappa shape index (κ1) is 13.7. The summed E-state index contributed by atoms with van der Waals surface area (Å²) in [5, 5.41) is 6.41. The Kier molecular flexibility index (Phi) is 5.15. The number of carbonyl (C=O) groups is 1. The molecule has 1 amide bonds. The molecule has 1 rings (SSSR count). The second-order valence-corrected chi connectivity index (χ2v) is 4.81. The Hall–Kier alpha value is -1.36. The van der Waals surface area contributed by atoms with Crippen LogP contribution in [-0.4, -0.2) is 17.6 Å². The molecule has 0 spiro atoms. The van der Waals surface area contributed by atoms with Gasteiger partial charge in [-0.1, -0.05) is 19.0 Å². The fourth-order valence-corrected chi connectivity index (χ4v) is 1.81. The molecule has 0 aliphatic heterocycles. The Balaban J connectivity index is 2.42. The Bertz CT molecular complexity index is 360. The van der Waals surface area contributed by atoms with E-state index < -0.39 is 0 Å². The average Bonchev–Trinajstić information content (AvgIpc) is 2.62. The van der Waals surface area contributed by atoms with Crippen LogP contribution in [0.3, 0.4) is 0 Å². The number of rotatable bonds is 6. The minimum Gasteiger partial charge on any atom is -0.360 e. The van der Waals surface area contributed by atoms with Crippen LogP contribution in [0.25, 0.3) is 0 Å². The van der Waals surface area contributed by atoms with Crippen molar-refractivity contribution in [2.24, 2.45) is 17.6 Å². The molecule has 0 radical (unpaired) electrons. The summed E-state index contributed by atoms with van der Waals surface area (Å²) in [5.41, 5.74) is 5.65. The summed E-state index contributed by atoms with van der Waals surface area (Å²) in [6, 6.07) is 1.69. The smallest absolute Gasteiger partial charge is 0.225 e. The fraction of sp³-hybridized carbons (Fsp3) is 0.667. The molecule has 0 aliphatic carbocycles. The van der Waals surface area contributed by atoms with Crippen LogP contribution in [0.5, 0.6) is 0 Å². The number of nitrogens with zero attached hydrogens (tertiary/aromatic N) is 1. The van der Waals surface area contributed by atoms with Gasteiger partial charge in [-0.05, 0) is 31.7 Å². The van der Waals surface area contributed by atoms with Gasteiger partial charge in [0.1, 0.15) is 5.76 Å². The molecule has 5 heteroatoms. The van der Waals surface area contributed by atoms with Gasteiger partial charge in [-0.2, -0.15) is 0 Å². The first-order valence-corrected chi connectivity index (χ1v) is 5.94. The summed E-state index contributed by atoms with van der Waals surface area (Å²) in [6.45, 7) is 6.57. The van der Waals surface area contributed by atoms with E-state index in [0.717, 1.165) is 6.42 Å². The summed E-state index contributed by atoms with van der Waals surface area (Å²) in [7, 11) is 0. The maximum absolute atomic E-state index is 11.7. The maximum Gasteiger partial charge on any atom is 0.225 e. The van der Waals surface area contributed by atoms with Crippen LogP contribution in [0, 0.1) is 18.8 Å². The number of aromatic nitrogens is 1. The molecule has 1 aromatic heterocycles. The number of anilines is 1. The lowest BCUT2D eigenvalue weighted by molar-refractivity contribution is -0.117. The highest BCUT2D eigenvalue weighted by atomic mass is 16.5. The SMILES string of the molecule is Cc1cc(NC(=O)CC(CN)CC(C)C)no1. The summed E-state index contributed by atoms with van der Waals surface area (Å²) in [6.07, 6.45) is 1.39. The van der Waals surface area contributed by atoms with Crippen LogP contribution >= 0.6 is 0 Å². The Labute approximate surface area is 102 Å². The van der Waals surface area contributed by atoms with Gasteiger partial charge in [0.05, 0.1) is 0 Å². The second kappa shape index (κ2) is 6.39. The van der Waals surface area contributed by atoms with Crippen LogP contribution in [0.4, 0.5) is 5.82 Å². The molecular formula is C12H21N3O2. The van der Waals surface area contributed by atoms with Gasteiger partial charge < -0.3 is 15.6 Å². The number of hydrogen-bond donors (Lipinski definition) is 2. The fourth-order valence-electron chi connectivity index (χ4n) is 1.81. The van der Waals surface area contributed by atoms with Crippen molar-refractivity contribution in [1.82, 2.24) is 5.16 Å². The van der Waals surface area contributed by atoms with E-state index in [0.29, 0.717) is 30.5 Å². The molecule has 1 unspecified atom stereocenters. The highest BCUT2D eigenvalue weighted by Crippen LogP contribution is 2.15. The first-order chi connectivity index (χ1) is 8.01. The lowest BCUT2D eigenvalue weighted by Gasteiger charge is -2.15. The van der Waals surface area contributed by atoms with E-state index in [1.807, 2.05) is 0 Å². The van der Waals surface area contributed by atoms with Crippen molar-refractivity contribution < 1.29 is 9.32 Å². The van der Waals surface area contributed by atoms with Gasteiger partial charge in [-0.3, -0.25) is 4.79 Å². The van der Waals surface area contributed by atoms with E-state index in [9.17, 15) is 4.79 Å². The van der Waals surface area contributed by atoms with E-state index in [2.05, 4.69) is 24.3 Å². The Morgan fingerprint density at radius 1 is 1.59 bits per heavy atom. The molecule has 0 aliphatic rings. The molecule has 0 saturated carbocycles. The molecule has 0 fully saturated rings. The minimum absolute atomic E-state index is 0.0607. The summed E-state index contributed by atoms with van der Waals surface area (Å²) >= 11 is 0. The molecule has 1 atom stereocenters. The number of hydrogen-bond acceptors (Lipinski definition) is 4. The molecule has 0 saturated heterocycles. The molecule has 0 aromatic carbocycles. The summed E-state index contributed by atoms with van der Waals surface area (Å²) in [4.78, 5) is 11.7. The van der Waals surface area contributed by atoms with E-state index in [1.165, 1.54) is 0 Å². The van der Waals surface area contributed by atoms with Gasteiger partial charge in [0.25, 0.3) is 0 Å². The summed E-state index contributed by atoms with van der Waals surface area (Å²) < 4.78 is 4.87. The van der Waals surface area contributed by atoms with Crippen molar-refractivity contribution in [2.45, 2.75) is 33.6 Å². The van der Waals surface area contributed by atoms with Gasteiger partial charge in [0, 0.05) is 12.5 Å². The third kappa shape index (κ3) is 4.99. The van der Waals surface area contributed by atoms with E-state index in [4.69, 9.17) is 10.3 Å². The predicted molar refractivity (Wildman–Crippen MR) is 66.5 cm³/mol. The molecule has 1 aromatic rings. The zero-order valence-electron chi connectivity index (χ0n) is 10.7. The molecule has 1 heterocycles. The lowest BCUT2D eigenvalue weighted by Crippen LogP contribution is -2.23. The molecule has 96 valence electrons. The summed E-state index contributed by atoms with van der Waals surface area (Å²) in [5.74, 6) is 1.86. The highest BCUT2D eigenvalue weighted by Gasteiger charge is 2.15. The Morgan fingerprint density at radius 2 is 2.29 bits per heavy atom. The minimum atomic E-state index is -0.0607. The van der Waals surface area contributed by atoms with Crippen molar-refractivity contribution in [1.29, 1.82) is 0 Å². The monoisotopic (exact) mass is 239 g/mol. The zero-order valence-corrected chi connectivity index (χ0v) is 10.7. The lowest BCUT2D eigenvalue weighted by atomic mass is 9.94. The largest absolute Gasteiger partial charge is 0.360 e. The van der Waals surface area contributed by atoms with Crippen molar-refractivity contribution in [3.8, 4) is 0 Å². The van der Waals surface area contributed by atoms with Crippen molar-refractivity contribution in [3.05, 3.63) is 11.8 Å². The molecular weight excluding hydrogens is 218 g/mol. The first-order valence-electron chi connectivity index (χ1n) is 5.94. The average molecular weight is 239 g/mol. The van der Waals surface area contributed by atoms with Gasteiger partial charge in [-0.15, -0.1) is 0 Å². The van der Waals surface area contributed by atoms with E-state index in [1.54, 1.807) is 13.0 Å². The van der Waals surface area contributed by atoms with Crippen LogP contribution in [-0.2, 0) is 4.79 Å². The number of amides is 1. The zero-order chi connectivity index (χ0) is 12.8. The van der Waals surface area contributed by atoms with Gasteiger partial charge >= 0.3 is 0 Å². The normalized spacial score (nSPS) is 12.8. The number of nitrogens with two attached hydrogens (primary N) is 1. The second-order valence-electron chi connectivity index (χ2n) is 4.81. The van der Waals surface area contributed by atoms with Gasteiger partial charge in [0.2, 0.25) is 5.91 Å². The number of nitrogens with one attached hydrogen (secondary N) is 1. The maximum atomic E-state index is 11.7. The van der Waals surface area contributed by atoms with Crippen molar-refractivity contribution in [3.63, 3.8) is 0 Å². The van der Waals surface area contributed by atoms with E-state index >= 15 is 0 Å². The van der Waals surface area contributed by atoms with E-state index in [-0.39, 0.29) is 11.8 Å². The Morgan fingerprint density at radius 3 is 2.76 bits per heavy atom. The van der Waals surface area contributed by atoms with Crippen LogP contribution in [0.2, 0.25) is 0 Å². The third-order valence-electron chi connectivity index (χ3n) is 2.51. The highest BCUT2D eigenvalue weighted by molar-refractivity contribution is 5.89. The van der Waals surface area contributed by atoms with Crippen molar-refractivity contribution >= 4 is 11.7 Å². The predicted octanol–water partition coefficient (Wildman–Crippen LogP) is 1.93. The van der Waals surface area contributed by atoms with Gasteiger partial charge in [0.15, 0.2) is 5.82 Å². The molecule has 17 heavy (non-hydrogen) atoms. The third-order valence-corrected chi connectivity index (χ3v) is 2.51. The van der Waals surface area contributed by atoms with Crippen LogP contribution in [0.1, 0.15) is 32.4 Å². The molecule has 3 N–H and O–H groups in total. The molecule has 5 nitrogen and oxygen atoms in total. The quantitative estimate of drug-likeness (QED) is 0.794. The number of carbonyl (C=O) groups excluding carboxylic acids is 1. The van der Waals surface area contributed by atoms with Crippen molar-refractivity contribution in [2.75, 3.05) is 11.9 Å². The topological polar surface area (TPSA) is 81.2 Å².